The van der Waals surface area contributed by atoms with Crippen molar-refractivity contribution in [2.24, 2.45) is 5.92 Å². The molecule has 2 unspecified atom stereocenters. The molecule has 0 aliphatic carbocycles. The van der Waals surface area contributed by atoms with E-state index in [2.05, 4.69) is 0 Å². The van der Waals surface area contributed by atoms with Crippen LogP contribution in [0.3, 0.4) is 0 Å². The number of carboxylic acid groups (broad SMARTS) is 1. The van der Waals surface area contributed by atoms with E-state index >= 15 is 0 Å². The third kappa shape index (κ3) is 2.76. The molecule has 8 nitrogen and oxygen atoms in total. The Morgan fingerprint density at radius 2 is 2.00 bits per heavy atom. The molecule has 2 amide bonds. The summed E-state index contributed by atoms with van der Waals surface area (Å²) in [5.74, 6) is -2.04. The second kappa shape index (κ2) is 6.39. The molecule has 9 heteroatoms. The summed E-state index contributed by atoms with van der Waals surface area (Å²) in [7, 11) is -3.97. The Hall–Kier alpha value is -2.42. The van der Waals surface area contributed by atoms with Crippen LogP contribution in [0, 0.1) is 5.92 Å². The van der Waals surface area contributed by atoms with E-state index in [-0.39, 0.29) is 28.5 Å². The van der Waals surface area contributed by atoms with Crippen LogP contribution in [0.15, 0.2) is 23.1 Å². The number of aliphatic carboxylic acids is 1. The van der Waals surface area contributed by atoms with Crippen molar-refractivity contribution >= 4 is 27.8 Å². The number of fused-ring (bicyclic) bond motifs is 1. The molecule has 2 atom stereocenters. The van der Waals surface area contributed by atoms with Crippen molar-refractivity contribution in [3.05, 3.63) is 29.3 Å². The monoisotopic (exact) mass is 380 g/mol. The molecule has 1 aromatic rings. The van der Waals surface area contributed by atoms with Crippen molar-refractivity contribution in [1.82, 2.24) is 9.21 Å². The maximum Gasteiger partial charge on any atom is 0.326 e. The van der Waals surface area contributed by atoms with Gasteiger partial charge in [0.1, 0.15) is 10.9 Å². The molecule has 1 aromatic carbocycles. The number of sulfonamides is 1. The third-order valence-corrected chi connectivity index (χ3v) is 6.85. The lowest BCUT2D eigenvalue weighted by molar-refractivity contribution is -0.144. The van der Waals surface area contributed by atoms with Crippen LogP contribution < -0.4 is 0 Å². The number of nitrogens with zero attached hydrogens (tertiary/aromatic N) is 2. The highest BCUT2D eigenvalue weighted by Gasteiger charge is 2.41. The fraction of sp³-hybridized carbons (Fsp3) is 0.471. The number of hydrogen-bond donors (Lipinski definition) is 1. The van der Waals surface area contributed by atoms with E-state index in [4.69, 9.17) is 0 Å². The van der Waals surface area contributed by atoms with Crippen molar-refractivity contribution in [2.75, 3.05) is 13.1 Å². The minimum atomic E-state index is -3.97. The Morgan fingerprint density at radius 3 is 2.62 bits per heavy atom. The Bertz CT molecular complexity index is 895. The molecule has 2 aliphatic heterocycles. The molecule has 26 heavy (non-hydrogen) atoms. The summed E-state index contributed by atoms with van der Waals surface area (Å²) in [6, 6.07) is 2.94. The number of carbonyl (C=O) groups is 3. The summed E-state index contributed by atoms with van der Waals surface area (Å²) in [5.41, 5.74) is 0.101. The number of rotatable bonds is 3. The van der Waals surface area contributed by atoms with E-state index in [0.29, 0.717) is 19.4 Å². The van der Waals surface area contributed by atoms with Crippen molar-refractivity contribution in [3.63, 3.8) is 0 Å². The van der Waals surface area contributed by atoms with Crippen molar-refractivity contribution in [3.8, 4) is 0 Å². The first-order valence-corrected chi connectivity index (χ1v) is 9.87. The van der Waals surface area contributed by atoms with Gasteiger partial charge in [0.05, 0.1) is 5.56 Å². The Labute approximate surface area is 151 Å². The van der Waals surface area contributed by atoms with Crippen LogP contribution in [-0.4, -0.2) is 59.6 Å². The molecule has 1 saturated heterocycles. The number of piperidine rings is 1. The zero-order valence-electron chi connectivity index (χ0n) is 14.5. The average molecular weight is 380 g/mol. The van der Waals surface area contributed by atoms with Crippen molar-refractivity contribution in [2.45, 2.75) is 37.6 Å². The fourth-order valence-corrected chi connectivity index (χ4v) is 5.11. The highest BCUT2D eigenvalue weighted by Crippen LogP contribution is 2.32. The second-order valence-corrected chi connectivity index (χ2v) is 8.50. The zero-order chi connectivity index (χ0) is 19.2. The van der Waals surface area contributed by atoms with Crippen LogP contribution in [0.25, 0.3) is 0 Å². The normalized spacial score (nSPS) is 24.5. The molecule has 2 aliphatic rings. The van der Waals surface area contributed by atoms with E-state index in [1.54, 1.807) is 6.92 Å². The molecule has 0 aromatic heterocycles. The number of likely N-dealkylation sites (tertiary alicyclic amines) is 1. The topological polar surface area (TPSA) is 112 Å². The van der Waals surface area contributed by atoms with Gasteiger partial charge in [0.15, 0.2) is 0 Å². The van der Waals surface area contributed by atoms with Gasteiger partial charge in [0.25, 0.3) is 21.8 Å². The predicted molar refractivity (Wildman–Crippen MR) is 91.2 cm³/mol. The lowest BCUT2D eigenvalue weighted by Crippen LogP contribution is -2.49. The Morgan fingerprint density at radius 1 is 1.31 bits per heavy atom. The van der Waals surface area contributed by atoms with Crippen LogP contribution in [-0.2, 0) is 14.8 Å². The summed E-state index contributed by atoms with van der Waals surface area (Å²) in [6.45, 7) is 3.79. The smallest absolute Gasteiger partial charge is 0.326 e. The summed E-state index contributed by atoms with van der Waals surface area (Å²) >= 11 is 0. The van der Waals surface area contributed by atoms with Crippen molar-refractivity contribution in [1.29, 1.82) is 0 Å². The molecular weight excluding hydrogens is 360 g/mol. The Balaban J connectivity index is 1.98. The Kier molecular flexibility index (Phi) is 4.51. The average Bonchev–Trinajstić information content (AvgIpc) is 2.79. The van der Waals surface area contributed by atoms with Gasteiger partial charge in [-0.25, -0.2) is 17.5 Å². The second-order valence-electron chi connectivity index (χ2n) is 6.67. The molecule has 2 heterocycles. The van der Waals surface area contributed by atoms with Gasteiger partial charge in [0.2, 0.25) is 0 Å². The molecule has 0 saturated carbocycles. The van der Waals surface area contributed by atoms with Gasteiger partial charge in [0, 0.05) is 18.7 Å². The number of carbonyl (C=O) groups excluding carboxylic acids is 2. The van der Waals surface area contributed by atoms with Crippen LogP contribution in [0.1, 0.15) is 47.4 Å². The molecule has 0 bridgehead atoms. The first-order valence-electron chi connectivity index (χ1n) is 8.43. The minimum absolute atomic E-state index is 0.00419. The molecule has 0 radical (unpaired) electrons. The quantitative estimate of drug-likeness (QED) is 0.843. The lowest BCUT2D eigenvalue weighted by Gasteiger charge is -2.36. The highest BCUT2D eigenvalue weighted by molar-refractivity contribution is 7.90. The molecule has 1 fully saturated rings. The van der Waals surface area contributed by atoms with Crippen LogP contribution in [0.2, 0.25) is 0 Å². The molecule has 140 valence electrons. The van der Waals surface area contributed by atoms with Crippen LogP contribution in [0.4, 0.5) is 0 Å². The van der Waals surface area contributed by atoms with Gasteiger partial charge in [-0.3, -0.25) is 9.59 Å². The standard InChI is InChI=1S/C17H20N2O6S/c1-3-19-16(21)12-5-4-11(9-14(12)26(19,24)25)15(20)18-7-6-10(2)8-13(18)17(22)23/h4-5,9-10,13H,3,6-8H2,1-2H3,(H,22,23). The SMILES string of the molecule is CCN1C(=O)c2ccc(C(=O)N3CCC(C)CC3C(=O)O)cc2S1(=O)=O. The summed E-state index contributed by atoms with van der Waals surface area (Å²) in [6.07, 6.45) is 1.03. The number of benzene rings is 1. The fourth-order valence-electron chi connectivity index (χ4n) is 3.51. The molecule has 3 rings (SSSR count). The van der Waals surface area contributed by atoms with E-state index in [1.165, 1.54) is 23.1 Å². The summed E-state index contributed by atoms with van der Waals surface area (Å²) in [4.78, 5) is 37.6. The molecular formula is C17H20N2O6S. The largest absolute Gasteiger partial charge is 0.480 e. The zero-order valence-corrected chi connectivity index (χ0v) is 15.3. The maximum absolute atomic E-state index is 12.8. The number of amides is 2. The van der Waals surface area contributed by atoms with Gasteiger partial charge >= 0.3 is 5.97 Å². The van der Waals surface area contributed by atoms with E-state index in [0.717, 1.165) is 4.31 Å². The van der Waals surface area contributed by atoms with Gasteiger partial charge in [-0.1, -0.05) is 6.92 Å². The number of carboxylic acids is 1. The third-order valence-electron chi connectivity index (χ3n) is 4.95. The van der Waals surface area contributed by atoms with E-state index in [1.807, 2.05) is 6.92 Å². The van der Waals surface area contributed by atoms with E-state index < -0.39 is 33.8 Å². The summed E-state index contributed by atoms with van der Waals surface area (Å²) in [5, 5.41) is 9.42. The van der Waals surface area contributed by atoms with Crippen molar-refractivity contribution < 1.29 is 27.9 Å². The van der Waals surface area contributed by atoms with Gasteiger partial charge in [-0.15, -0.1) is 0 Å². The lowest BCUT2D eigenvalue weighted by atomic mass is 9.92. The molecule has 0 spiro atoms. The first-order chi connectivity index (χ1) is 12.2. The van der Waals surface area contributed by atoms with Gasteiger partial charge in [-0.2, -0.15) is 0 Å². The van der Waals surface area contributed by atoms with Gasteiger partial charge < -0.3 is 10.0 Å². The van der Waals surface area contributed by atoms with Crippen LogP contribution >= 0.6 is 0 Å². The predicted octanol–water partition coefficient (Wildman–Crippen LogP) is 1.18. The molecule has 1 N–H and O–H groups in total. The minimum Gasteiger partial charge on any atom is -0.480 e. The first kappa shape index (κ1) is 18.4. The number of hydrogen-bond acceptors (Lipinski definition) is 5. The van der Waals surface area contributed by atoms with Gasteiger partial charge in [-0.05, 0) is 43.9 Å². The highest BCUT2D eigenvalue weighted by atomic mass is 32.2. The maximum atomic E-state index is 12.8. The van der Waals surface area contributed by atoms with E-state index in [9.17, 15) is 27.9 Å². The van der Waals surface area contributed by atoms with Crippen LogP contribution in [0.5, 0.6) is 0 Å². The summed E-state index contributed by atoms with van der Waals surface area (Å²) < 4.78 is 25.7.